The molecule has 0 atom stereocenters. The van der Waals surface area contributed by atoms with Crippen molar-refractivity contribution in [1.29, 1.82) is 0 Å². The fourth-order valence-corrected chi connectivity index (χ4v) is 1.84. The molecule has 2 rings (SSSR count). The molecule has 0 N–H and O–H groups in total. The van der Waals surface area contributed by atoms with Crippen molar-refractivity contribution in [2.45, 2.75) is 13.5 Å². The highest BCUT2D eigenvalue weighted by Crippen LogP contribution is 2.18. The van der Waals surface area contributed by atoms with Crippen molar-refractivity contribution in [3.63, 3.8) is 0 Å². The van der Waals surface area contributed by atoms with E-state index in [0.717, 1.165) is 11.3 Å². The normalized spacial score (nSPS) is 11.0. The number of para-hydroxylation sites is 2. The number of rotatable bonds is 8. The average Bonchev–Trinajstić information content (AvgIpc) is 2.53. The van der Waals surface area contributed by atoms with Crippen LogP contribution >= 0.6 is 0 Å². The van der Waals surface area contributed by atoms with Crippen LogP contribution < -0.4 is 9.47 Å². The molecule has 0 heterocycles. The third-order valence-corrected chi connectivity index (χ3v) is 2.93. The third-order valence-electron chi connectivity index (χ3n) is 2.93. The van der Waals surface area contributed by atoms with Crippen molar-refractivity contribution in [1.82, 2.24) is 0 Å². The molecule has 0 aromatic heterocycles. The maximum absolute atomic E-state index is 12.3. The van der Waals surface area contributed by atoms with Gasteiger partial charge < -0.3 is 14.3 Å². The van der Waals surface area contributed by atoms with E-state index in [1.807, 2.05) is 31.2 Å². The minimum atomic E-state index is -2.88. The predicted octanol–water partition coefficient (Wildman–Crippen LogP) is 4.03. The zero-order valence-electron chi connectivity index (χ0n) is 12.6. The molecular weight excluding hydrogens is 304 g/mol. The van der Waals surface area contributed by atoms with Gasteiger partial charge >= 0.3 is 6.61 Å². The van der Waals surface area contributed by atoms with Gasteiger partial charge in [0.15, 0.2) is 6.61 Å². The largest absolute Gasteiger partial charge is 0.490 e. The first-order valence-corrected chi connectivity index (χ1v) is 7.04. The Morgan fingerprint density at radius 2 is 1.70 bits per heavy atom. The Bertz CT molecular complexity index is 647. The summed E-state index contributed by atoms with van der Waals surface area (Å²) in [6.45, 7) is -0.359. The van der Waals surface area contributed by atoms with Gasteiger partial charge in [-0.05, 0) is 30.7 Å². The second-order valence-electron chi connectivity index (χ2n) is 4.60. The molecule has 0 fully saturated rings. The summed E-state index contributed by atoms with van der Waals surface area (Å²) in [5.74, 6) is 0.835. The Balaban J connectivity index is 1.78. The van der Waals surface area contributed by atoms with Gasteiger partial charge in [-0.15, -0.1) is 0 Å². The zero-order valence-corrected chi connectivity index (χ0v) is 12.6. The van der Waals surface area contributed by atoms with Crippen LogP contribution in [0.5, 0.6) is 11.5 Å². The molecule has 2 aromatic carbocycles. The van der Waals surface area contributed by atoms with Crippen LogP contribution in [-0.4, -0.2) is 26.0 Å². The van der Waals surface area contributed by atoms with Crippen molar-refractivity contribution in [3.8, 4) is 11.5 Å². The topological polar surface area (TPSA) is 40.0 Å². The van der Waals surface area contributed by atoms with E-state index in [-0.39, 0.29) is 12.4 Å². The Kier molecular flexibility index (Phi) is 6.35. The lowest BCUT2D eigenvalue weighted by atomic mass is 10.2. The highest BCUT2D eigenvalue weighted by Gasteiger charge is 2.07. The van der Waals surface area contributed by atoms with Crippen LogP contribution in [0.2, 0.25) is 0 Å². The molecule has 0 spiro atoms. The molecule has 122 valence electrons. The number of nitrogens with zero attached hydrogens (tertiary/aromatic N) is 1. The fourth-order valence-electron chi connectivity index (χ4n) is 1.84. The molecule has 0 aliphatic rings. The van der Waals surface area contributed by atoms with E-state index in [0.29, 0.717) is 12.2 Å². The van der Waals surface area contributed by atoms with Gasteiger partial charge in [-0.1, -0.05) is 35.5 Å². The second kappa shape index (κ2) is 8.73. The van der Waals surface area contributed by atoms with Crippen molar-refractivity contribution >= 4 is 6.21 Å². The molecule has 0 unspecified atom stereocenters. The summed E-state index contributed by atoms with van der Waals surface area (Å²) in [5, 5.41) is 3.73. The van der Waals surface area contributed by atoms with Crippen molar-refractivity contribution in [3.05, 3.63) is 59.7 Å². The Morgan fingerprint density at radius 3 is 2.43 bits per heavy atom. The summed E-state index contributed by atoms with van der Waals surface area (Å²) in [6.07, 6.45) is 1.32. The van der Waals surface area contributed by atoms with Crippen LogP contribution in [0.4, 0.5) is 8.78 Å². The summed E-state index contributed by atoms with van der Waals surface area (Å²) in [6, 6.07) is 14.0. The smallest absolute Gasteiger partial charge is 0.387 e. The maximum atomic E-state index is 12.3. The van der Waals surface area contributed by atoms with Crippen molar-refractivity contribution < 1.29 is 23.1 Å². The van der Waals surface area contributed by atoms with Gasteiger partial charge in [-0.2, -0.15) is 8.78 Å². The van der Waals surface area contributed by atoms with Crippen LogP contribution in [0.15, 0.2) is 53.7 Å². The summed E-state index contributed by atoms with van der Waals surface area (Å²) in [4.78, 5) is 5.06. The first kappa shape index (κ1) is 16.7. The number of halogens is 2. The first-order valence-electron chi connectivity index (χ1n) is 7.04. The summed E-state index contributed by atoms with van der Waals surface area (Å²) >= 11 is 0. The number of ether oxygens (including phenoxy) is 2. The van der Waals surface area contributed by atoms with Crippen LogP contribution in [0, 0.1) is 6.92 Å². The SMILES string of the molecule is Cc1ccccc1OCCON=Cc1ccccc1OC(F)F. The van der Waals surface area contributed by atoms with Crippen LogP contribution in [-0.2, 0) is 4.84 Å². The van der Waals surface area contributed by atoms with E-state index in [9.17, 15) is 8.78 Å². The van der Waals surface area contributed by atoms with Crippen molar-refractivity contribution in [2.24, 2.45) is 5.16 Å². The van der Waals surface area contributed by atoms with Crippen molar-refractivity contribution in [2.75, 3.05) is 13.2 Å². The maximum Gasteiger partial charge on any atom is 0.387 e. The molecule has 23 heavy (non-hydrogen) atoms. The molecule has 0 bridgehead atoms. The standard InChI is InChI=1S/C17H17F2NO3/c1-13-6-2-4-8-15(13)21-10-11-22-20-12-14-7-3-5-9-16(14)23-17(18)19/h2-9,12,17H,10-11H2,1H3. The molecule has 0 radical (unpaired) electrons. The molecule has 0 saturated heterocycles. The van der Waals surface area contributed by atoms with E-state index in [2.05, 4.69) is 9.89 Å². The van der Waals surface area contributed by atoms with Gasteiger partial charge in [-0.25, -0.2) is 0 Å². The second-order valence-corrected chi connectivity index (χ2v) is 4.60. The molecule has 0 saturated carbocycles. The highest BCUT2D eigenvalue weighted by atomic mass is 19.3. The monoisotopic (exact) mass is 321 g/mol. The predicted molar refractivity (Wildman–Crippen MR) is 83.3 cm³/mol. The minimum absolute atomic E-state index is 0.0472. The van der Waals surface area contributed by atoms with Gasteiger partial charge in [-0.3, -0.25) is 0 Å². The lowest BCUT2D eigenvalue weighted by molar-refractivity contribution is -0.0499. The number of hydrogen-bond acceptors (Lipinski definition) is 4. The summed E-state index contributed by atoms with van der Waals surface area (Å²) < 4.78 is 34.5. The minimum Gasteiger partial charge on any atom is -0.490 e. The van der Waals surface area contributed by atoms with Crippen LogP contribution in [0.3, 0.4) is 0 Å². The van der Waals surface area contributed by atoms with Crippen LogP contribution in [0.1, 0.15) is 11.1 Å². The van der Waals surface area contributed by atoms with E-state index in [1.54, 1.807) is 18.2 Å². The quantitative estimate of drug-likeness (QED) is 0.419. The molecule has 0 amide bonds. The Hall–Kier alpha value is -2.63. The number of aryl methyl sites for hydroxylation is 1. The lowest BCUT2D eigenvalue weighted by Crippen LogP contribution is -2.06. The summed E-state index contributed by atoms with van der Waals surface area (Å²) in [5.41, 5.74) is 1.45. The Labute approximate surface area is 133 Å². The van der Waals surface area contributed by atoms with E-state index < -0.39 is 6.61 Å². The average molecular weight is 321 g/mol. The van der Waals surface area contributed by atoms with E-state index in [4.69, 9.17) is 9.57 Å². The van der Waals surface area contributed by atoms with E-state index in [1.165, 1.54) is 12.3 Å². The Morgan fingerprint density at radius 1 is 1.00 bits per heavy atom. The molecule has 0 aliphatic heterocycles. The lowest BCUT2D eigenvalue weighted by Gasteiger charge is -2.08. The number of alkyl halides is 2. The van der Waals surface area contributed by atoms with E-state index >= 15 is 0 Å². The van der Waals surface area contributed by atoms with Gasteiger partial charge in [0.2, 0.25) is 0 Å². The number of benzene rings is 2. The third kappa shape index (κ3) is 5.58. The summed E-state index contributed by atoms with van der Waals surface area (Å²) in [7, 11) is 0. The molecule has 4 nitrogen and oxygen atoms in total. The molecular formula is C17H17F2NO3. The number of hydrogen-bond donors (Lipinski definition) is 0. The van der Waals surface area contributed by atoms with Gasteiger partial charge in [0, 0.05) is 5.56 Å². The molecule has 2 aromatic rings. The van der Waals surface area contributed by atoms with Gasteiger partial charge in [0.05, 0.1) is 6.21 Å². The fraction of sp³-hybridized carbons (Fsp3) is 0.235. The van der Waals surface area contributed by atoms with Crippen LogP contribution in [0.25, 0.3) is 0 Å². The zero-order chi connectivity index (χ0) is 16.5. The molecule has 6 heteroatoms. The highest BCUT2D eigenvalue weighted by molar-refractivity contribution is 5.83. The first-order chi connectivity index (χ1) is 11.2. The van der Waals surface area contributed by atoms with Gasteiger partial charge in [0.25, 0.3) is 0 Å². The number of oxime groups is 1. The molecule has 0 aliphatic carbocycles. The van der Waals surface area contributed by atoms with Gasteiger partial charge in [0.1, 0.15) is 18.1 Å².